The van der Waals surface area contributed by atoms with Gasteiger partial charge in [-0.15, -0.1) is 0 Å². The third kappa shape index (κ3) is 6.77. The van der Waals surface area contributed by atoms with E-state index in [0.717, 1.165) is 64.8 Å². The van der Waals surface area contributed by atoms with E-state index in [-0.39, 0.29) is 18.1 Å². The number of rotatable bonds is 9. The maximum Gasteiger partial charge on any atom is 0.255 e. The molecule has 9 heteroatoms. The largest absolute Gasteiger partial charge is 0.496 e. The average molecular weight is 495 g/mol. The lowest BCUT2D eigenvalue weighted by Crippen LogP contribution is -2.55. The van der Waals surface area contributed by atoms with Crippen molar-refractivity contribution in [2.75, 3.05) is 52.7 Å². The van der Waals surface area contributed by atoms with Crippen LogP contribution >= 0.6 is 11.6 Å². The fourth-order valence-corrected chi connectivity index (χ4v) is 5.09. The molecule has 0 unspecified atom stereocenters. The van der Waals surface area contributed by atoms with E-state index in [4.69, 9.17) is 26.8 Å². The maximum absolute atomic E-state index is 13.0. The summed E-state index contributed by atoms with van der Waals surface area (Å²) in [7, 11) is 3.19. The van der Waals surface area contributed by atoms with Crippen LogP contribution in [0.4, 0.5) is 5.69 Å². The SMILES string of the molecule is CCCCC(=O)N1CCC(CN2CC[C@@H](NC(=O)c3cc(Cl)c(N)cc3OC)[C@@H](OC)C2)CC1. The van der Waals surface area contributed by atoms with Crippen LogP contribution in [0, 0.1) is 5.92 Å². The number of benzene rings is 1. The highest BCUT2D eigenvalue weighted by Crippen LogP contribution is 2.29. The van der Waals surface area contributed by atoms with Crippen LogP contribution in [0.15, 0.2) is 12.1 Å². The molecular weight excluding hydrogens is 456 g/mol. The van der Waals surface area contributed by atoms with Crippen LogP contribution in [0.5, 0.6) is 5.75 Å². The molecule has 3 rings (SSSR count). The maximum atomic E-state index is 13.0. The van der Waals surface area contributed by atoms with Crippen molar-refractivity contribution >= 4 is 29.1 Å². The minimum absolute atomic E-state index is 0.104. The molecule has 34 heavy (non-hydrogen) atoms. The molecule has 0 saturated carbocycles. The van der Waals surface area contributed by atoms with Crippen molar-refractivity contribution in [1.29, 1.82) is 0 Å². The highest BCUT2D eigenvalue weighted by Gasteiger charge is 2.33. The number of nitrogens with zero attached hydrogens (tertiary/aromatic N) is 2. The van der Waals surface area contributed by atoms with E-state index in [0.29, 0.717) is 40.3 Å². The van der Waals surface area contributed by atoms with E-state index in [9.17, 15) is 9.59 Å². The van der Waals surface area contributed by atoms with Crippen molar-refractivity contribution in [2.45, 2.75) is 57.6 Å². The molecule has 2 aliphatic heterocycles. The smallest absolute Gasteiger partial charge is 0.255 e. The number of methoxy groups -OCH3 is 2. The van der Waals surface area contributed by atoms with E-state index in [1.165, 1.54) is 7.11 Å². The molecule has 2 heterocycles. The number of likely N-dealkylation sites (tertiary alicyclic amines) is 2. The molecule has 0 aliphatic carbocycles. The lowest BCUT2D eigenvalue weighted by molar-refractivity contribution is -0.132. The summed E-state index contributed by atoms with van der Waals surface area (Å²) in [5.41, 5.74) is 6.57. The van der Waals surface area contributed by atoms with Gasteiger partial charge in [0.05, 0.1) is 35.5 Å². The number of nitrogens with one attached hydrogen (secondary N) is 1. The van der Waals surface area contributed by atoms with Gasteiger partial charge >= 0.3 is 0 Å². The zero-order valence-electron chi connectivity index (χ0n) is 20.6. The number of anilines is 1. The van der Waals surface area contributed by atoms with Crippen LogP contribution in [0.2, 0.25) is 5.02 Å². The number of nitrogen functional groups attached to an aromatic ring is 1. The first-order valence-electron chi connectivity index (χ1n) is 12.3. The summed E-state index contributed by atoms with van der Waals surface area (Å²) in [5, 5.41) is 3.42. The first-order chi connectivity index (χ1) is 16.4. The van der Waals surface area contributed by atoms with Crippen LogP contribution in [0.1, 0.15) is 55.8 Å². The Hall–Kier alpha value is -2.03. The molecule has 0 radical (unpaired) electrons. The molecule has 1 aromatic rings. The summed E-state index contributed by atoms with van der Waals surface area (Å²) in [6.45, 7) is 6.49. The molecule has 2 atom stereocenters. The zero-order valence-corrected chi connectivity index (χ0v) is 21.4. The molecule has 190 valence electrons. The van der Waals surface area contributed by atoms with Gasteiger partial charge in [-0.3, -0.25) is 9.59 Å². The molecule has 8 nitrogen and oxygen atoms in total. The van der Waals surface area contributed by atoms with Gasteiger partial charge in [-0.2, -0.15) is 0 Å². The monoisotopic (exact) mass is 494 g/mol. The number of hydrogen-bond acceptors (Lipinski definition) is 6. The normalized spacial score (nSPS) is 21.9. The second-order valence-electron chi connectivity index (χ2n) is 9.40. The minimum atomic E-state index is -0.251. The standard InChI is InChI=1S/C25H39ClN4O4/c1-4-5-6-24(31)30-11-7-17(8-12-30)15-29-10-9-21(23(16-29)34-3)28-25(32)18-13-19(26)20(27)14-22(18)33-2/h13-14,17,21,23H,4-12,15-16,27H2,1-3H3,(H,28,32)/t21-,23+/m1/s1. The van der Waals surface area contributed by atoms with Crippen LogP contribution in [-0.2, 0) is 9.53 Å². The predicted octanol–water partition coefficient (Wildman–Crippen LogP) is 3.18. The topological polar surface area (TPSA) is 97.1 Å². The van der Waals surface area contributed by atoms with Crippen molar-refractivity contribution < 1.29 is 19.1 Å². The number of halogens is 1. The predicted molar refractivity (Wildman–Crippen MR) is 134 cm³/mol. The molecule has 2 saturated heterocycles. The molecule has 2 amide bonds. The fourth-order valence-electron chi connectivity index (χ4n) is 4.93. The van der Waals surface area contributed by atoms with Gasteiger partial charge in [0.15, 0.2) is 0 Å². The van der Waals surface area contributed by atoms with Gasteiger partial charge < -0.3 is 30.3 Å². The van der Waals surface area contributed by atoms with Crippen molar-refractivity contribution in [2.24, 2.45) is 5.92 Å². The highest BCUT2D eigenvalue weighted by molar-refractivity contribution is 6.33. The average Bonchev–Trinajstić information content (AvgIpc) is 2.85. The van der Waals surface area contributed by atoms with Crippen molar-refractivity contribution in [1.82, 2.24) is 15.1 Å². The summed E-state index contributed by atoms with van der Waals surface area (Å²) in [6, 6.07) is 3.00. The summed E-state index contributed by atoms with van der Waals surface area (Å²) in [6.07, 6.45) is 5.48. The molecule has 0 bridgehead atoms. The van der Waals surface area contributed by atoms with Crippen LogP contribution in [0.3, 0.4) is 0 Å². The van der Waals surface area contributed by atoms with Gasteiger partial charge in [0.25, 0.3) is 5.91 Å². The number of unbranched alkanes of at least 4 members (excludes halogenated alkanes) is 1. The molecule has 0 spiro atoms. The van der Waals surface area contributed by atoms with Crippen LogP contribution in [0.25, 0.3) is 0 Å². The van der Waals surface area contributed by atoms with Gasteiger partial charge in [0, 0.05) is 52.3 Å². The molecule has 3 N–H and O–H groups in total. The Morgan fingerprint density at radius 3 is 2.56 bits per heavy atom. The van der Waals surface area contributed by atoms with Crippen molar-refractivity contribution in [3.8, 4) is 5.75 Å². The Balaban J connectivity index is 1.50. The second-order valence-corrected chi connectivity index (χ2v) is 9.81. The van der Waals surface area contributed by atoms with E-state index in [1.807, 2.05) is 4.90 Å². The number of nitrogens with two attached hydrogens (primary N) is 1. The van der Waals surface area contributed by atoms with E-state index >= 15 is 0 Å². The Bertz CT molecular complexity index is 844. The number of carbonyl (C=O) groups excluding carboxylic acids is 2. The molecule has 2 aliphatic rings. The van der Waals surface area contributed by atoms with Crippen LogP contribution in [-0.4, -0.2) is 80.7 Å². The minimum Gasteiger partial charge on any atom is -0.496 e. The summed E-state index contributed by atoms with van der Waals surface area (Å²) in [4.78, 5) is 29.7. The van der Waals surface area contributed by atoms with E-state index in [2.05, 4.69) is 17.1 Å². The molecular formula is C25H39ClN4O4. The lowest BCUT2D eigenvalue weighted by atomic mass is 9.93. The van der Waals surface area contributed by atoms with Crippen molar-refractivity contribution in [3.63, 3.8) is 0 Å². The highest BCUT2D eigenvalue weighted by atomic mass is 35.5. The molecule has 1 aromatic carbocycles. The van der Waals surface area contributed by atoms with Gasteiger partial charge in [-0.05, 0) is 37.7 Å². The number of carbonyl (C=O) groups is 2. The quantitative estimate of drug-likeness (QED) is 0.512. The Morgan fingerprint density at radius 2 is 1.91 bits per heavy atom. The summed E-state index contributed by atoms with van der Waals surface area (Å²) in [5.74, 6) is 1.03. The van der Waals surface area contributed by atoms with Gasteiger partial charge in [-0.1, -0.05) is 24.9 Å². The molecule has 0 aromatic heterocycles. The number of amides is 2. The number of ether oxygens (including phenoxy) is 2. The first kappa shape index (κ1) is 26.6. The summed E-state index contributed by atoms with van der Waals surface area (Å²) >= 11 is 6.13. The second kappa shape index (κ2) is 12.6. The molecule has 2 fully saturated rings. The van der Waals surface area contributed by atoms with Gasteiger partial charge in [0.1, 0.15) is 5.75 Å². The third-order valence-corrected chi connectivity index (χ3v) is 7.38. The van der Waals surface area contributed by atoms with Gasteiger partial charge in [-0.25, -0.2) is 0 Å². The Kier molecular flexibility index (Phi) is 9.85. The zero-order chi connectivity index (χ0) is 24.7. The Labute approximate surface area is 208 Å². The van der Waals surface area contributed by atoms with Gasteiger partial charge in [0.2, 0.25) is 5.91 Å². The van der Waals surface area contributed by atoms with E-state index < -0.39 is 0 Å². The lowest BCUT2D eigenvalue weighted by Gasteiger charge is -2.41. The number of piperidine rings is 2. The van der Waals surface area contributed by atoms with E-state index in [1.54, 1.807) is 19.2 Å². The fraction of sp³-hybridized carbons (Fsp3) is 0.680. The number of hydrogen-bond donors (Lipinski definition) is 2. The summed E-state index contributed by atoms with van der Waals surface area (Å²) < 4.78 is 11.1. The first-order valence-corrected chi connectivity index (χ1v) is 12.7. The Morgan fingerprint density at radius 1 is 1.18 bits per heavy atom. The van der Waals surface area contributed by atoms with Crippen molar-refractivity contribution in [3.05, 3.63) is 22.7 Å². The third-order valence-electron chi connectivity index (χ3n) is 7.05. The van der Waals surface area contributed by atoms with Crippen LogP contribution < -0.4 is 15.8 Å².